The number of carbonyl (C=O) groups is 1. The second kappa shape index (κ2) is 5.12. The monoisotopic (exact) mass is 294 g/mol. The fourth-order valence-electron chi connectivity index (χ4n) is 3.13. The standard InChI is InChI=1S/C15H22N2O4/c1-4-10-11-12(21-15(2,3)20-11)14(19-10)17-7-5-6-9(8-17)13(16)18/h5,7-8,10-12,14H,4,6H2,1-3H3,(H2,16,18). The Bertz CT molecular complexity index is 500. The van der Waals surface area contributed by atoms with E-state index in [-0.39, 0.29) is 24.5 Å². The molecule has 0 saturated carbocycles. The van der Waals surface area contributed by atoms with E-state index in [9.17, 15) is 4.79 Å². The number of hydrogen-bond donors (Lipinski definition) is 1. The Morgan fingerprint density at radius 2 is 2.14 bits per heavy atom. The number of amides is 1. The number of rotatable bonds is 3. The Hall–Kier alpha value is -1.37. The molecule has 3 rings (SSSR count). The number of hydrogen-bond acceptors (Lipinski definition) is 5. The van der Waals surface area contributed by atoms with Crippen molar-refractivity contribution in [1.82, 2.24) is 4.90 Å². The SMILES string of the molecule is CCC1OC(N2C=CCC(C(N)=O)=C2)C2OC(C)(C)OC12. The lowest BCUT2D eigenvalue weighted by molar-refractivity contribution is -0.198. The summed E-state index contributed by atoms with van der Waals surface area (Å²) in [6.45, 7) is 5.88. The summed E-state index contributed by atoms with van der Waals surface area (Å²) >= 11 is 0. The molecule has 116 valence electrons. The molecule has 4 unspecified atom stereocenters. The summed E-state index contributed by atoms with van der Waals surface area (Å²) in [5.74, 6) is -1.02. The molecule has 0 aromatic carbocycles. The Morgan fingerprint density at radius 1 is 1.43 bits per heavy atom. The number of allylic oxidation sites excluding steroid dienone is 1. The summed E-state index contributed by atoms with van der Waals surface area (Å²) in [4.78, 5) is 13.2. The van der Waals surface area contributed by atoms with E-state index in [0.717, 1.165) is 6.42 Å². The van der Waals surface area contributed by atoms with Crippen LogP contribution in [0.2, 0.25) is 0 Å². The molecule has 21 heavy (non-hydrogen) atoms. The molecule has 2 saturated heterocycles. The van der Waals surface area contributed by atoms with Crippen molar-refractivity contribution in [2.45, 2.75) is 63.9 Å². The third-order valence-electron chi connectivity index (χ3n) is 4.06. The van der Waals surface area contributed by atoms with Crippen LogP contribution in [0.4, 0.5) is 0 Å². The van der Waals surface area contributed by atoms with Crippen LogP contribution >= 0.6 is 0 Å². The minimum atomic E-state index is -0.611. The van der Waals surface area contributed by atoms with Gasteiger partial charge in [-0.05, 0) is 26.7 Å². The highest BCUT2D eigenvalue weighted by Crippen LogP contribution is 2.41. The van der Waals surface area contributed by atoms with Crippen LogP contribution in [0.1, 0.15) is 33.6 Å². The van der Waals surface area contributed by atoms with E-state index in [1.54, 1.807) is 6.20 Å². The molecule has 1 amide bonds. The Balaban J connectivity index is 1.84. The van der Waals surface area contributed by atoms with Crippen molar-refractivity contribution in [2.75, 3.05) is 0 Å². The normalized spacial score (nSPS) is 37.5. The number of nitrogens with zero attached hydrogens (tertiary/aromatic N) is 1. The first kappa shape index (κ1) is 14.6. The van der Waals surface area contributed by atoms with Crippen LogP contribution in [-0.2, 0) is 19.0 Å². The fourth-order valence-corrected chi connectivity index (χ4v) is 3.13. The lowest BCUT2D eigenvalue weighted by Crippen LogP contribution is -2.40. The maximum atomic E-state index is 11.4. The van der Waals surface area contributed by atoms with Crippen molar-refractivity contribution >= 4 is 5.91 Å². The van der Waals surface area contributed by atoms with Crippen molar-refractivity contribution in [3.63, 3.8) is 0 Å². The van der Waals surface area contributed by atoms with Gasteiger partial charge >= 0.3 is 0 Å². The van der Waals surface area contributed by atoms with Crippen molar-refractivity contribution in [3.05, 3.63) is 24.0 Å². The summed E-state index contributed by atoms with van der Waals surface area (Å²) in [5, 5.41) is 0. The Kier molecular flexibility index (Phi) is 3.55. The van der Waals surface area contributed by atoms with Crippen molar-refractivity contribution in [3.8, 4) is 0 Å². The molecule has 0 aromatic rings. The van der Waals surface area contributed by atoms with Gasteiger partial charge in [-0.3, -0.25) is 4.79 Å². The first-order valence-corrected chi connectivity index (χ1v) is 7.37. The second-order valence-corrected chi connectivity index (χ2v) is 6.09. The van der Waals surface area contributed by atoms with Crippen LogP contribution in [0.25, 0.3) is 0 Å². The van der Waals surface area contributed by atoms with Crippen LogP contribution < -0.4 is 5.73 Å². The molecule has 2 N–H and O–H groups in total. The van der Waals surface area contributed by atoms with Crippen molar-refractivity contribution < 1.29 is 19.0 Å². The first-order valence-electron chi connectivity index (χ1n) is 7.37. The number of ether oxygens (including phenoxy) is 3. The van der Waals surface area contributed by atoms with E-state index in [2.05, 4.69) is 6.92 Å². The molecule has 3 aliphatic rings. The zero-order valence-electron chi connectivity index (χ0n) is 12.6. The van der Waals surface area contributed by atoms with Gasteiger partial charge in [0.05, 0.1) is 6.10 Å². The molecule has 3 aliphatic heterocycles. The van der Waals surface area contributed by atoms with Gasteiger partial charge in [-0.1, -0.05) is 13.0 Å². The van der Waals surface area contributed by atoms with Gasteiger partial charge in [-0.2, -0.15) is 0 Å². The summed E-state index contributed by atoms with van der Waals surface area (Å²) in [6, 6.07) is 0. The highest BCUT2D eigenvalue weighted by atomic mass is 16.8. The number of nitrogens with two attached hydrogens (primary N) is 1. The minimum Gasteiger partial charge on any atom is -0.366 e. The maximum absolute atomic E-state index is 11.4. The molecule has 2 fully saturated rings. The number of primary amides is 1. The summed E-state index contributed by atoms with van der Waals surface area (Å²) < 4.78 is 18.0. The molecule has 3 heterocycles. The first-order chi connectivity index (χ1) is 9.91. The third-order valence-corrected chi connectivity index (χ3v) is 4.06. The van der Waals surface area contributed by atoms with E-state index in [0.29, 0.717) is 12.0 Å². The Labute approximate surface area is 124 Å². The molecule has 0 aliphatic carbocycles. The van der Waals surface area contributed by atoms with Crippen LogP contribution in [-0.4, -0.2) is 41.1 Å². The second-order valence-electron chi connectivity index (χ2n) is 6.09. The molecule has 0 radical (unpaired) electrons. The van der Waals surface area contributed by atoms with E-state index in [1.165, 1.54) is 0 Å². The lowest BCUT2D eigenvalue weighted by Gasteiger charge is -2.31. The van der Waals surface area contributed by atoms with E-state index >= 15 is 0 Å². The molecule has 4 atom stereocenters. The maximum Gasteiger partial charge on any atom is 0.246 e. The highest BCUT2D eigenvalue weighted by molar-refractivity contribution is 5.92. The van der Waals surface area contributed by atoms with E-state index in [4.69, 9.17) is 19.9 Å². The van der Waals surface area contributed by atoms with Gasteiger partial charge in [-0.15, -0.1) is 0 Å². The largest absolute Gasteiger partial charge is 0.366 e. The van der Waals surface area contributed by atoms with Gasteiger partial charge in [0.1, 0.15) is 12.2 Å². The van der Waals surface area contributed by atoms with Gasteiger partial charge in [0.25, 0.3) is 0 Å². The third kappa shape index (κ3) is 2.59. The predicted octanol–water partition coefficient (Wildman–Crippen LogP) is 1.23. The molecule has 6 heteroatoms. The molecule has 0 aromatic heterocycles. The van der Waals surface area contributed by atoms with Crippen LogP contribution in [0.3, 0.4) is 0 Å². The minimum absolute atomic E-state index is 0.0115. The van der Waals surface area contributed by atoms with Gasteiger partial charge in [-0.25, -0.2) is 0 Å². The predicted molar refractivity (Wildman–Crippen MR) is 75.7 cm³/mol. The Morgan fingerprint density at radius 3 is 2.81 bits per heavy atom. The van der Waals surface area contributed by atoms with Crippen molar-refractivity contribution in [1.29, 1.82) is 0 Å². The molecule has 0 spiro atoms. The van der Waals surface area contributed by atoms with Gasteiger partial charge in [0.15, 0.2) is 12.0 Å². The van der Waals surface area contributed by atoms with Crippen LogP contribution in [0.15, 0.2) is 24.0 Å². The van der Waals surface area contributed by atoms with E-state index < -0.39 is 11.7 Å². The van der Waals surface area contributed by atoms with Gasteiger partial charge in [0.2, 0.25) is 5.91 Å². The number of fused-ring (bicyclic) bond motifs is 1. The molecule has 6 nitrogen and oxygen atoms in total. The molecular weight excluding hydrogens is 272 g/mol. The highest BCUT2D eigenvalue weighted by Gasteiger charge is 2.55. The number of carbonyl (C=O) groups excluding carboxylic acids is 1. The fraction of sp³-hybridized carbons (Fsp3) is 0.667. The zero-order chi connectivity index (χ0) is 15.2. The smallest absolute Gasteiger partial charge is 0.246 e. The summed E-state index contributed by atoms with van der Waals surface area (Å²) in [7, 11) is 0. The van der Waals surface area contributed by atoms with Gasteiger partial charge in [0, 0.05) is 18.0 Å². The van der Waals surface area contributed by atoms with Crippen LogP contribution in [0.5, 0.6) is 0 Å². The average Bonchev–Trinajstić information content (AvgIpc) is 2.91. The topological polar surface area (TPSA) is 74.0 Å². The molecular formula is C15H22N2O4. The lowest BCUT2D eigenvalue weighted by atomic mass is 10.1. The van der Waals surface area contributed by atoms with Gasteiger partial charge < -0.3 is 24.8 Å². The van der Waals surface area contributed by atoms with E-state index in [1.807, 2.05) is 31.0 Å². The van der Waals surface area contributed by atoms with Crippen molar-refractivity contribution in [2.24, 2.45) is 5.73 Å². The summed E-state index contributed by atoms with van der Waals surface area (Å²) in [5.41, 5.74) is 5.93. The average molecular weight is 294 g/mol. The molecule has 0 bridgehead atoms. The zero-order valence-corrected chi connectivity index (χ0v) is 12.6. The van der Waals surface area contributed by atoms with Crippen LogP contribution in [0, 0.1) is 0 Å². The summed E-state index contributed by atoms with van der Waals surface area (Å²) in [6.07, 6.45) is 6.37. The quantitative estimate of drug-likeness (QED) is 0.847.